The first kappa shape index (κ1) is 16.1. The Balaban J connectivity index is 2.39. The minimum absolute atomic E-state index is 0.186. The number of methoxy groups -OCH3 is 2. The molecule has 2 N–H and O–H groups in total. The first-order chi connectivity index (χ1) is 12.5. The van der Waals surface area contributed by atoms with Gasteiger partial charge in [-0.05, 0) is 18.2 Å². The lowest BCUT2D eigenvalue weighted by atomic mass is 9.98. The number of ether oxygens (including phenoxy) is 2. The van der Waals surface area contributed by atoms with Gasteiger partial charge in [-0.1, -0.05) is 18.2 Å². The summed E-state index contributed by atoms with van der Waals surface area (Å²) in [6.07, 6.45) is 0. The summed E-state index contributed by atoms with van der Waals surface area (Å²) in [6.45, 7) is 0. The van der Waals surface area contributed by atoms with Gasteiger partial charge in [0.25, 0.3) is 5.56 Å². The predicted molar refractivity (Wildman–Crippen MR) is 101 cm³/mol. The fourth-order valence-electron chi connectivity index (χ4n) is 3.54. The Bertz CT molecular complexity index is 1260. The van der Waals surface area contributed by atoms with E-state index in [1.807, 2.05) is 0 Å². The number of phenolic OH excluding ortho intramolecular Hbond substituents is 2. The molecule has 0 spiro atoms. The Morgan fingerprint density at radius 1 is 0.846 bits per heavy atom. The molecule has 0 aliphatic carbocycles. The molecular formula is C20H17NO5. The number of hydrogen-bond donors (Lipinski definition) is 2. The van der Waals surface area contributed by atoms with Gasteiger partial charge in [0.2, 0.25) is 0 Å². The van der Waals surface area contributed by atoms with Crippen LogP contribution in [0, 0.1) is 0 Å². The number of phenols is 2. The molecule has 0 atom stereocenters. The van der Waals surface area contributed by atoms with Crippen molar-refractivity contribution in [1.29, 1.82) is 0 Å². The third kappa shape index (κ3) is 1.95. The van der Waals surface area contributed by atoms with Crippen LogP contribution in [0.4, 0.5) is 0 Å². The van der Waals surface area contributed by atoms with E-state index >= 15 is 0 Å². The molecule has 0 bridgehead atoms. The molecule has 0 radical (unpaired) electrons. The van der Waals surface area contributed by atoms with Gasteiger partial charge in [0, 0.05) is 28.6 Å². The van der Waals surface area contributed by atoms with E-state index in [1.165, 1.54) is 18.8 Å². The number of aryl methyl sites for hydroxylation is 1. The Morgan fingerprint density at radius 2 is 1.42 bits per heavy atom. The lowest BCUT2D eigenvalue weighted by molar-refractivity contribution is 0.355. The summed E-state index contributed by atoms with van der Waals surface area (Å²) in [5.74, 6) is 0.343. The van der Waals surface area contributed by atoms with E-state index in [1.54, 1.807) is 43.4 Å². The molecule has 26 heavy (non-hydrogen) atoms. The second-order valence-electron chi connectivity index (χ2n) is 6.08. The Morgan fingerprint density at radius 3 is 2.04 bits per heavy atom. The summed E-state index contributed by atoms with van der Waals surface area (Å²) in [4.78, 5) is 12.8. The van der Waals surface area contributed by atoms with Crippen LogP contribution in [-0.2, 0) is 7.05 Å². The molecule has 3 aromatic carbocycles. The van der Waals surface area contributed by atoms with Crippen molar-refractivity contribution in [2.75, 3.05) is 14.2 Å². The molecule has 4 rings (SSSR count). The van der Waals surface area contributed by atoms with Crippen LogP contribution < -0.4 is 15.0 Å². The van der Waals surface area contributed by atoms with Crippen molar-refractivity contribution < 1.29 is 19.7 Å². The Hall–Kier alpha value is -3.41. The van der Waals surface area contributed by atoms with Gasteiger partial charge in [-0.25, -0.2) is 0 Å². The Kier molecular flexibility index (Phi) is 3.44. The lowest BCUT2D eigenvalue weighted by Gasteiger charge is -2.17. The average Bonchev–Trinajstić information content (AvgIpc) is 2.67. The number of fused-ring (bicyclic) bond motifs is 5. The topological polar surface area (TPSA) is 80.9 Å². The van der Waals surface area contributed by atoms with Gasteiger partial charge in [-0.3, -0.25) is 4.79 Å². The number of pyridine rings is 1. The van der Waals surface area contributed by atoms with Crippen molar-refractivity contribution in [3.05, 3.63) is 46.8 Å². The quantitative estimate of drug-likeness (QED) is 0.428. The van der Waals surface area contributed by atoms with Gasteiger partial charge in [0.1, 0.15) is 0 Å². The molecule has 0 saturated heterocycles. The van der Waals surface area contributed by atoms with Gasteiger partial charge < -0.3 is 24.3 Å². The summed E-state index contributed by atoms with van der Waals surface area (Å²) in [6, 6.07) is 10.3. The number of aromatic nitrogens is 1. The molecule has 0 aliphatic heterocycles. The second-order valence-corrected chi connectivity index (χ2v) is 6.08. The molecule has 6 heteroatoms. The number of rotatable bonds is 2. The van der Waals surface area contributed by atoms with Gasteiger partial charge in [0.05, 0.1) is 25.1 Å². The van der Waals surface area contributed by atoms with Crippen LogP contribution in [0.25, 0.3) is 32.4 Å². The molecule has 0 fully saturated rings. The molecule has 1 aromatic heterocycles. The summed E-state index contributed by atoms with van der Waals surface area (Å²) in [5, 5.41) is 23.8. The van der Waals surface area contributed by atoms with Crippen LogP contribution in [0.5, 0.6) is 23.0 Å². The molecule has 132 valence electrons. The maximum atomic E-state index is 12.8. The van der Waals surface area contributed by atoms with Crippen molar-refractivity contribution in [1.82, 2.24) is 4.57 Å². The van der Waals surface area contributed by atoms with Crippen molar-refractivity contribution >= 4 is 32.4 Å². The van der Waals surface area contributed by atoms with Crippen molar-refractivity contribution in [3.63, 3.8) is 0 Å². The van der Waals surface area contributed by atoms with Crippen LogP contribution in [0.3, 0.4) is 0 Å². The van der Waals surface area contributed by atoms with E-state index in [4.69, 9.17) is 9.47 Å². The smallest absolute Gasteiger partial charge is 0.258 e. The van der Waals surface area contributed by atoms with Crippen molar-refractivity contribution in [2.45, 2.75) is 0 Å². The summed E-state index contributed by atoms with van der Waals surface area (Å²) < 4.78 is 12.1. The first-order valence-electron chi connectivity index (χ1n) is 8.00. The standard InChI is InChI=1S/C20H17NO5/c1-21-17-12-8-14(25-2)15(26-3)9-13(12)18(22)19(23)16(17)10-6-4-5-7-11(10)20(21)24/h4-9,22-23H,1-3H3. The zero-order chi connectivity index (χ0) is 18.6. The van der Waals surface area contributed by atoms with Crippen LogP contribution in [0.1, 0.15) is 0 Å². The van der Waals surface area contributed by atoms with E-state index in [-0.39, 0.29) is 17.1 Å². The monoisotopic (exact) mass is 351 g/mol. The third-order valence-corrected chi connectivity index (χ3v) is 4.80. The predicted octanol–water partition coefficient (Wildman–Crippen LogP) is 3.27. The molecular weight excluding hydrogens is 334 g/mol. The average molecular weight is 351 g/mol. The van der Waals surface area contributed by atoms with Crippen LogP contribution >= 0.6 is 0 Å². The van der Waals surface area contributed by atoms with Gasteiger partial charge in [0.15, 0.2) is 23.0 Å². The fourth-order valence-corrected chi connectivity index (χ4v) is 3.54. The fraction of sp³-hybridized carbons (Fsp3) is 0.150. The molecule has 0 aliphatic rings. The first-order valence-corrected chi connectivity index (χ1v) is 8.00. The minimum atomic E-state index is -0.272. The highest BCUT2D eigenvalue weighted by molar-refractivity contribution is 6.20. The zero-order valence-electron chi connectivity index (χ0n) is 14.5. The van der Waals surface area contributed by atoms with E-state index in [2.05, 4.69) is 0 Å². The molecule has 0 amide bonds. The highest BCUT2D eigenvalue weighted by Gasteiger charge is 2.21. The second kappa shape index (κ2) is 5.56. The maximum absolute atomic E-state index is 12.8. The van der Waals surface area contributed by atoms with Crippen LogP contribution in [-0.4, -0.2) is 29.0 Å². The van der Waals surface area contributed by atoms with Crippen molar-refractivity contribution in [3.8, 4) is 23.0 Å². The SMILES string of the molecule is COc1cc2c(O)c(O)c3c4ccccc4c(=O)n(C)c3c2cc1OC. The normalized spacial score (nSPS) is 11.3. The van der Waals surface area contributed by atoms with Crippen molar-refractivity contribution in [2.24, 2.45) is 7.05 Å². The molecule has 6 nitrogen and oxygen atoms in total. The van der Waals surface area contributed by atoms with Crippen LogP contribution in [0.15, 0.2) is 41.2 Å². The highest BCUT2D eigenvalue weighted by atomic mass is 16.5. The summed E-state index contributed by atoms with van der Waals surface area (Å²) in [5.41, 5.74) is 0.328. The van der Waals surface area contributed by atoms with E-state index < -0.39 is 0 Å². The highest BCUT2D eigenvalue weighted by Crippen LogP contribution is 2.46. The number of benzene rings is 3. The van der Waals surface area contributed by atoms with Crippen LogP contribution in [0.2, 0.25) is 0 Å². The molecule has 0 saturated carbocycles. The van der Waals surface area contributed by atoms with E-state index in [0.29, 0.717) is 43.9 Å². The Labute approximate surface area is 148 Å². The number of nitrogens with zero attached hydrogens (tertiary/aromatic N) is 1. The van der Waals surface area contributed by atoms with Gasteiger partial charge in [-0.15, -0.1) is 0 Å². The third-order valence-electron chi connectivity index (χ3n) is 4.80. The maximum Gasteiger partial charge on any atom is 0.258 e. The largest absolute Gasteiger partial charge is 0.504 e. The molecule has 4 aromatic rings. The minimum Gasteiger partial charge on any atom is -0.504 e. The lowest BCUT2D eigenvalue weighted by Crippen LogP contribution is -2.17. The summed E-state index contributed by atoms with van der Waals surface area (Å²) >= 11 is 0. The number of hydrogen-bond acceptors (Lipinski definition) is 5. The van der Waals surface area contributed by atoms with E-state index in [0.717, 1.165) is 0 Å². The molecule has 0 unspecified atom stereocenters. The van der Waals surface area contributed by atoms with Gasteiger partial charge >= 0.3 is 0 Å². The van der Waals surface area contributed by atoms with E-state index in [9.17, 15) is 15.0 Å². The zero-order valence-corrected chi connectivity index (χ0v) is 14.5. The number of aromatic hydroxyl groups is 2. The molecule has 1 heterocycles. The van der Waals surface area contributed by atoms with Gasteiger partial charge in [-0.2, -0.15) is 0 Å². The summed E-state index contributed by atoms with van der Waals surface area (Å²) in [7, 11) is 4.65.